The lowest BCUT2D eigenvalue weighted by atomic mass is 9.84. The maximum absolute atomic E-state index is 12.9. The second-order valence-corrected chi connectivity index (χ2v) is 6.63. The van der Waals surface area contributed by atoms with Crippen LogP contribution < -0.4 is 0 Å². The molecule has 0 spiro atoms. The molecular formula is C18H22FNO3. The summed E-state index contributed by atoms with van der Waals surface area (Å²) in [5.41, 5.74) is 0.894. The van der Waals surface area contributed by atoms with Crippen LogP contribution >= 0.6 is 0 Å². The molecule has 1 amide bonds. The molecule has 1 aromatic rings. The van der Waals surface area contributed by atoms with E-state index in [1.165, 1.54) is 12.1 Å². The standard InChI is InChI=1S/C18H22FNO3/c19-14-8-5-12(6-9-14)7-10-17(21)20-15-4-2-1-3-13(15)11-16(20)18(22)23/h5-6,8-9,13,15-16H,1-4,7,10-11H2,(H,22,23). The van der Waals surface area contributed by atoms with Gasteiger partial charge in [-0.3, -0.25) is 4.79 Å². The smallest absolute Gasteiger partial charge is 0.326 e. The minimum Gasteiger partial charge on any atom is -0.480 e. The van der Waals surface area contributed by atoms with Gasteiger partial charge >= 0.3 is 5.97 Å². The topological polar surface area (TPSA) is 57.6 Å². The molecule has 23 heavy (non-hydrogen) atoms. The highest BCUT2D eigenvalue weighted by atomic mass is 19.1. The Kier molecular flexibility index (Phi) is 4.64. The quantitative estimate of drug-likeness (QED) is 0.928. The Morgan fingerprint density at radius 3 is 2.57 bits per heavy atom. The lowest BCUT2D eigenvalue weighted by Crippen LogP contribution is -2.46. The van der Waals surface area contributed by atoms with Crippen LogP contribution in [-0.2, 0) is 16.0 Å². The number of benzene rings is 1. The Bertz CT molecular complexity index is 586. The lowest BCUT2D eigenvalue weighted by Gasteiger charge is -2.33. The first-order valence-corrected chi connectivity index (χ1v) is 8.34. The van der Waals surface area contributed by atoms with Gasteiger partial charge < -0.3 is 10.0 Å². The van der Waals surface area contributed by atoms with Crippen molar-refractivity contribution in [3.05, 3.63) is 35.6 Å². The van der Waals surface area contributed by atoms with Crippen molar-refractivity contribution in [2.24, 2.45) is 5.92 Å². The average Bonchev–Trinajstić information content (AvgIpc) is 2.94. The summed E-state index contributed by atoms with van der Waals surface area (Å²) < 4.78 is 12.9. The molecule has 5 heteroatoms. The van der Waals surface area contributed by atoms with Crippen molar-refractivity contribution in [1.29, 1.82) is 0 Å². The number of amides is 1. The Labute approximate surface area is 135 Å². The Morgan fingerprint density at radius 1 is 1.17 bits per heavy atom. The molecule has 0 aromatic heterocycles. The third kappa shape index (κ3) is 3.38. The SMILES string of the molecule is O=C(O)C1CC2CCCCC2N1C(=O)CCc1ccc(F)cc1. The number of nitrogens with zero attached hydrogens (tertiary/aromatic N) is 1. The number of rotatable bonds is 4. The third-order valence-corrected chi connectivity index (χ3v) is 5.20. The van der Waals surface area contributed by atoms with E-state index in [2.05, 4.69) is 0 Å². The Hall–Kier alpha value is -1.91. The predicted molar refractivity (Wildman–Crippen MR) is 83.4 cm³/mol. The number of aliphatic carboxylic acids is 1. The minimum absolute atomic E-state index is 0.0869. The number of aryl methyl sites for hydroxylation is 1. The van der Waals surface area contributed by atoms with Crippen molar-refractivity contribution < 1.29 is 19.1 Å². The highest BCUT2D eigenvalue weighted by molar-refractivity contribution is 5.85. The fourth-order valence-corrected chi connectivity index (χ4v) is 4.07. The maximum atomic E-state index is 12.9. The van der Waals surface area contributed by atoms with Crippen molar-refractivity contribution in [1.82, 2.24) is 4.90 Å². The maximum Gasteiger partial charge on any atom is 0.326 e. The van der Waals surface area contributed by atoms with Crippen molar-refractivity contribution >= 4 is 11.9 Å². The summed E-state index contributed by atoms with van der Waals surface area (Å²) >= 11 is 0. The molecule has 2 aliphatic rings. The van der Waals surface area contributed by atoms with E-state index in [1.807, 2.05) is 0 Å². The number of carboxylic acids is 1. The van der Waals surface area contributed by atoms with Crippen molar-refractivity contribution in [2.75, 3.05) is 0 Å². The molecule has 3 atom stereocenters. The van der Waals surface area contributed by atoms with Gasteiger partial charge in [0.1, 0.15) is 11.9 Å². The summed E-state index contributed by atoms with van der Waals surface area (Å²) in [5.74, 6) is -0.944. The number of carbonyl (C=O) groups is 2. The molecule has 1 aliphatic carbocycles. The van der Waals surface area contributed by atoms with Crippen LogP contribution in [0.2, 0.25) is 0 Å². The molecule has 1 heterocycles. The molecule has 1 aromatic carbocycles. The van der Waals surface area contributed by atoms with Crippen LogP contribution in [0.3, 0.4) is 0 Å². The van der Waals surface area contributed by atoms with Gasteiger partial charge in [0.05, 0.1) is 0 Å². The third-order valence-electron chi connectivity index (χ3n) is 5.20. The monoisotopic (exact) mass is 319 g/mol. The van der Waals surface area contributed by atoms with Gasteiger partial charge in [0.25, 0.3) is 0 Å². The fourth-order valence-electron chi connectivity index (χ4n) is 4.07. The highest BCUT2D eigenvalue weighted by Gasteiger charge is 2.47. The van der Waals surface area contributed by atoms with E-state index in [0.29, 0.717) is 18.8 Å². The van der Waals surface area contributed by atoms with Gasteiger partial charge in [-0.15, -0.1) is 0 Å². The zero-order valence-electron chi connectivity index (χ0n) is 13.1. The largest absolute Gasteiger partial charge is 0.480 e. The predicted octanol–water partition coefficient (Wildman–Crippen LogP) is 3.00. The van der Waals surface area contributed by atoms with Gasteiger partial charge in [0.2, 0.25) is 5.91 Å². The van der Waals surface area contributed by atoms with Crippen LogP contribution in [0.15, 0.2) is 24.3 Å². The van der Waals surface area contributed by atoms with Gasteiger partial charge in [-0.2, -0.15) is 0 Å². The number of likely N-dealkylation sites (tertiary alicyclic amines) is 1. The normalized spacial score (nSPS) is 26.8. The second-order valence-electron chi connectivity index (χ2n) is 6.63. The molecular weight excluding hydrogens is 297 g/mol. The van der Waals surface area contributed by atoms with E-state index < -0.39 is 12.0 Å². The number of carbonyl (C=O) groups excluding carboxylic acids is 1. The number of fused-ring (bicyclic) bond motifs is 1. The van der Waals surface area contributed by atoms with E-state index in [0.717, 1.165) is 31.2 Å². The second kappa shape index (κ2) is 6.69. The Balaban J connectivity index is 1.68. The highest BCUT2D eigenvalue weighted by Crippen LogP contribution is 2.40. The zero-order chi connectivity index (χ0) is 16.4. The molecule has 3 rings (SSSR count). The van der Waals surface area contributed by atoms with Crippen LogP contribution in [-0.4, -0.2) is 34.0 Å². The number of halogens is 1. The number of hydrogen-bond acceptors (Lipinski definition) is 2. The minimum atomic E-state index is -0.894. The molecule has 2 fully saturated rings. The van der Waals surface area contributed by atoms with Crippen molar-refractivity contribution in [3.63, 3.8) is 0 Å². The molecule has 1 aliphatic heterocycles. The van der Waals surface area contributed by atoms with Gasteiger partial charge in [0, 0.05) is 12.5 Å². The van der Waals surface area contributed by atoms with E-state index in [4.69, 9.17) is 0 Å². The fraction of sp³-hybridized carbons (Fsp3) is 0.556. The molecule has 0 radical (unpaired) electrons. The number of carboxylic acid groups (broad SMARTS) is 1. The molecule has 0 bridgehead atoms. The summed E-state index contributed by atoms with van der Waals surface area (Å²) in [6, 6.07) is 5.52. The van der Waals surface area contributed by atoms with Crippen molar-refractivity contribution in [2.45, 2.75) is 57.0 Å². The first-order valence-electron chi connectivity index (χ1n) is 8.34. The van der Waals surface area contributed by atoms with Gasteiger partial charge in [-0.25, -0.2) is 9.18 Å². The number of hydrogen-bond donors (Lipinski definition) is 1. The van der Waals surface area contributed by atoms with Crippen molar-refractivity contribution in [3.8, 4) is 0 Å². The van der Waals surface area contributed by atoms with Crippen LogP contribution in [0.1, 0.15) is 44.1 Å². The molecule has 1 saturated heterocycles. The van der Waals surface area contributed by atoms with E-state index >= 15 is 0 Å². The first kappa shape index (κ1) is 16.0. The molecule has 4 nitrogen and oxygen atoms in total. The summed E-state index contributed by atoms with van der Waals surface area (Å²) in [6.07, 6.45) is 5.51. The summed E-state index contributed by atoms with van der Waals surface area (Å²) in [5, 5.41) is 9.46. The zero-order valence-corrected chi connectivity index (χ0v) is 13.1. The van der Waals surface area contributed by atoms with Crippen LogP contribution in [0.4, 0.5) is 4.39 Å². The summed E-state index contributed by atoms with van der Waals surface area (Å²) in [4.78, 5) is 25.8. The van der Waals surface area contributed by atoms with Gasteiger partial charge in [-0.1, -0.05) is 25.0 Å². The Morgan fingerprint density at radius 2 is 1.87 bits per heavy atom. The van der Waals surface area contributed by atoms with Crippen LogP contribution in [0, 0.1) is 11.7 Å². The van der Waals surface area contributed by atoms with E-state index in [1.54, 1.807) is 17.0 Å². The molecule has 124 valence electrons. The average molecular weight is 319 g/mol. The van der Waals surface area contributed by atoms with Crippen LogP contribution in [0.5, 0.6) is 0 Å². The van der Waals surface area contributed by atoms with E-state index in [-0.39, 0.29) is 24.2 Å². The summed E-state index contributed by atoms with van der Waals surface area (Å²) in [7, 11) is 0. The van der Waals surface area contributed by atoms with Gasteiger partial charge in [0.15, 0.2) is 0 Å². The first-order chi connectivity index (χ1) is 11.1. The van der Waals surface area contributed by atoms with E-state index in [9.17, 15) is 19.1 Å². The van der Waals surface area contributed by atoms with Gasteiger partial charge in [-0.05, 0) is 49.3 Å². The van der Waals surface area contributed by atoms with Crippen LogP contribution in [0.25, 0.3) is 0 Å². The molecule has 3 unspecified atom stereocenters. The molecule has 1 N–H and O–H groups in total. The summed E-state index contributed by atoms with van der Waals surface area (Å²) in [6.45, 7) is 0. The molecule has 1 saturated carbocycles. The lowest BCUT2D eigenvalue weighted by molar-refractivity contribution is -0.149.